The Morgan fingerprint density at radius 1 is 1.19 bits per heavy atom. The number of carbonyl (C=O) groups excluding carboxylic acids is 1. The molecule has 0 saturated carbocycles. The van der Waals surface area contributed by atoms with Crippen LogP contribution in [0.1, 0.15) is 11.1 Å². The smallest absolute Gasteiger partial charge is 0.243 e. The third-order valence-electron chi connectivity index (χ3n) is 3.88. The van der Waals surface area contributed by atoms with Gasteiger partial charge in [0.25, 0.3) is 0 Å². The molecule has 1 amide bonds. The first-order chi connectivity index (χ1) is 10.00. The first-order valence-corrected chi connectivity index (χ1v) is 7.77. The molecule has 5 heteroatoms. The maximum Gasteiger partial charge on any atom is 0.243 e. The molecule has 21 heavy (non-hydrogen) atoms. The highest BCUT2D eigenvalue weighted by molar-refractivity contribution is 9.10. The maximum absolute atomic E-state index is 12.1. The highest BCUT2D eigenvalue weighted by Gasteiger charge is 2.42. The average Bonchev–Trinajstić information content (AvgIpc) is 2.82. The molecule has 3 nitrogen and oxygen atoms in total. The molecule has 0 aliphatic heterocycles. The Morgan fingerprint density at radius 3 is 2.33 bits per heavy atom. The Morgan fingerprint density at radius 2 is 1.81 bits per heavy atom. The van der Waals surface area contributed by atoms with Crippen molar-refractivity contribution in [3.05, 3.63) is 63.1 Å². The lowest BCUT2D eigenvalue weighted by atomic mass is 9.94. The molecule has 3 N–H and O–H groups in total. The van der Waals surface area contributed by atoms with Crippen LogP contribution < -0.4 is 11.1 Å². The lowest BCUT2D eigenvalue weighted by Gasteiger charge is -2.28. The van der Waals surface area contributed by atoms with E-state index in [9.17, 15) is 4.79 Å². The predicted molar refractivity (Wildman–Crippen MR) is 88.6 cm³/mol. The number of rotatable bonds is 3. The third-order valence-corrected chi connectivity index (χ3v) is 5.09. The Hall–Kier alpha value is -1.52. The number of nitrogens with one attached hydrogen (secondary N) is 1. The number of amides is 1. The van der Waals surface area contributed by atoms with Crippen LogP contribution in [-0.2, 0) is 17.6 Å². The molecule has 2 aromatic rings. The Balaban J connectivity index is 1.94. The summed E-state index contributed by atoms with van der Waals surface area (Å²) in [6.45, 7) is 0. The number of nitrogens with two attached hydrogens (primary N) is 1. The van der Waals surface area contributed by atoms with E-state index >= 15 is 0 Å². The minimum absolute atomic E-state index is 0.343. The molecule has 0 unspecified atom stereocenters. The molecule has 0 atom stereocenters. The summed E-state index contributed by atoms with van der Waals surface area (Å²) < 4.78 is 0.782. The first-order valence-electron chi connectivity index (χ1n) is 6.60. The molecule has 3 rings (SSSR count). The zero-order valence-corrected chi connectivity index (χ0v) is 13.5. The highest BCUT2D eigenvalue weighted by Crippen LogP contribution is 2.34. The Kier molecular flexibility index (Phi) is 3.68. The third kappa shape index (κ3) is 2.65. The summed E-state index contributed by atoms with van der Waals surface area (Å²) >= 11 is 9.39. The van der Waals surface area contributed by atoms with Crippen LogP contribution in [0.25, 0.3) is 0 Å². The van der Waals surface area contributed by atoms with E-state index in [2.05, 4.69) is 21.2 Å². The lowest BCUT2D eigenvalue weighted by Crippen LogP contribution is -2.51. The quantitative estimate of drug-likeness (QED) is 0.874. The highest BCUT2D eigenvalue weighted by atomic mass is 79.9. The molecule has 1 aliphatic carbocycles. The van der Waals surface area contributed by atoms with Crippen molar-refractivity contribution in [3.8, 4) is 0 Å². The van der Waals surface area contributed by atoms with Crippen LogP contribution in [0.15, 0.2) is 46.9 Å². The summed E-state index contributed by atoms with van der Waals surface area (Å²) in [4.78, 5) is 12.1. The van der Waals surface area contributed by atoms with Crippen LogP contribution in [0.2, 0.25) is 5.02 Å². The number of primary amides is 1. The molecule has 0 heterocycles. The second-order valence-electron chi connectivity index (χ2n) is 5.32. The van der Waals surface area contributed by atoms with Crippen LogP contribution >= 0.6 is 27.5 Å². The normalized spacial score (nSPS) is 15.5. The fourth-order valence-electron chi connectivity index (χ4n) is 2.79. The van der Waals surface area contributed by atoms with Crippen molar-refractivity contribution in [1.29, 1.82) is 0 Å². The van der Waals surface area contributed by atoms with Crippen molar-refractivity contribution in [2.45, 2.75) is 18.4 Å². The van der Waals surface area contributed by atoms with Crippen molar-refractivity contribution < 1.29 is 4.79 Å². The van der Waals surface area contributed by atoms with E-state index in [0.717, 1.165) is 21.3 Å². The molecule has 0 fully saturated rings. The zero-order chi connectivity index (χ0) is 15.0. The standard InChI is InChI=1S/C16H14BrClN2O/c17-13-7-12(5-6-14(13)18)20-16(15(19)21)8-10-3-1-2-4-11(10)9-16/h1-7,20H,8-9H2,(H2,19,21). The van der Waals surface area contributed by atoms with Gasteiger partial charge in [0, 0.05) is 23.0 Å². The average molecular weight is 366 g/mol. The van der Waals surface area contributed by atoms with Gasteiger partial charge in [-0.2, -0.15) is 0 Å². The van der Waals surface area contributed by atoms with E-state index in [0.29, 0.717) is 17.9 Å². The first kappa shape index (κ1) is 14.4. The van der Waals surface area contributed by atoms with Crippen LogP contribution in [0.3, 0.4) is 0 Å². The summed E-state index contributed by atoms with van der Waals surface area (Å²) in [5.74, 6) is -0.343. The van der Waals surface area contributed by atoms with E-state index in [1.54, 1.807) is 6.07 Å². The Labute approximate surface area is 136 Å². The second kappa shape index (κ2) is 5.35. The van der Waals surface area contributed by atoms with Gasteiger partial charge in [0.05, 0.1) is 5.02 Å². The summed E-state index contributed by atoms with van der Waals surface area (Å²) in [5, 5.41) is 3.93. The summed E-state index contributed by atoms with van der Waals surface area (Å²) in [6.07, 6.45) is 1.19. The van der Waals surface area contributed by atoms with Crippen molar-refractivity contribution in [2.24, 2.45) is 5.73 Å². The minimum Gasteiger partial charge on any atom is -0.371 e. The van der Waals surface area contributed by atoms with Crippen LogP contribution in [-0.4, -0.2) is 11.4 Å². The summed E-state index contributed by atoms with van der Waals surface area (Å²) in [6, 6.07) is 13.5. The van der Waals surface area contributed by atoms with Crippen LogP contribution in [0.4, 0.5) is 5.69 Å². The minimum atomic E-state index is -0.781. The molecule has 0 aromatic heterocycles. The fraction of sp³-hybridized carbons (Fsp3) is 0.188. The van der Waals surface area contributed by atoms with Crippen LogP contribution in [0.5, 0.6) is 0 Å². The van der Waals surface area contributed by atoms with Crippen molar-refractivity contribution in [1.82, 2.24) is 0 Å². The van der Waals surface area contributed by atoms with Gasteiger partial charge < -0.3 is 11.1 Å². The number of anilines is 1. The number of hydrogen-bond donors (Lipinski definition) is 2. The molecule has 2 aromatic carbocycles. The number of fused-ring (bicyclic) bond motifs is 1. The maximum atomic E-state index is 12.1. The summed E-state index contributed by atoms with van der Waals surface area (Å²) in [5.41, 5.74) is 8.05. The number of halogens is 2. The molecular weight excluding hydrogens is 352 g/mol. The van der Waals surface area contributed by atoms with E-state index in [1.165, 1.54) is 0 Å². The van der Waals surface area contributed by atoms with Gasteiger partial charge in [-0.05, 0) is 45.3 Å². The topological polar surface area (TPSA) is 55.1 Å². The molecule has 1 aliphatic rings. The van der Waals surface area contributed by atoms with E-state index in [-0.39, 0.29) is 5.91 Å². The molecule has 0 spiro atoms. The van der Waals surface area contributed by atoms with Gasteiger partial charge >= 0.3 is 0 Å². The van der Waals surface area contributed by atoms with Gasteiger partial charge in [-0.25, -0.2) is 0 Å². The lowest BCUT2D eigenvalue weighted by molar-refractivity contribution is -0.122. The van der Waals surface area contributed by atoms with Gasteiger partial charge in [0.1, 0.15) is 5.54 Å². The van der Waals surface area contributed by atoms with E-state index < -0.39 is 5.54 Å². The SMILES string of the molecule is NC(=O)C1(Nc2ccc(Cl)c(Br)c2)Cc2ccccc2C1. The van der Waals surface area contributed by atoms with Crippen molar-refractivity contribution in [3.63, 3.8) is 0 Å². The van der Waals surface area contributed by atoms with Gasteiger partial charge in [-0.1, -0.05) is 35.9 Å². The molecule has 108 valence electrons. The zero-order valence-electron chi connectivity index (χ0n) is 11.2. The predicted octanol–water partition coefficient (Wildman–Crippen LogP) is 3.54. The van der Waals surface area contributed by atoms with Gasteiger partial charge in [0.15, 0.2) is 0 Å². The van der Waals surface area contributed by atoms with E-state index in [4.69, 9.17) is 17.3 Å². The second-order valence-corrected chi connectivity index (χ2v) is 6.58. The number of benzene rings is 2. The summed E-state index contributed by atoms with van der Waals surface area (Å²) in [7, 11) is 0. The molecule has 0 radical (unpaired) electrons. The van der Waals surface area contributed by atoms with E-state index in [1.807, 2.05) is 36.4 Å². The largest absolute Gasteiger partial charge is 0.371 e. The Bertz CT molecular complexity index is 692. The fourth-order valence-corrected chi connectivity index (χ4v) is 3.29. The molecular formula is C16H14BrClN2O. The van der Waals surface area contributed by atoms with Gasteiger partial charge in [-0.15, -0.1) is 0 Å². The monoisotopic (exact) mass is 364 g/mol. The number of hydrogen-bond acceptors (Lipinski definition) is 2. The molecule has 0 saturated heterocycles. The van der Waals surface area contributed by atoms with Crippen molar-refractivity contribution >= 4 is 39.1 Å². The molecule has 0 bridgehead atoms. The number of carbonyl (C=O) groups is 1. The van der Waals surface area contributed by atoms with Gasteiger partial charge in [-0.3, -0.25) is 4.79 Å². The van der Waals surface area contributed by atoms with Crippen LogP contribution in [0, 0.1) is 0 Å². The van der Waals surface area contributed by atoms with Gasteiger partial charge in [0.2, 0.25) is 5.91 Å². The van der Waals surface area contributed by atoms with Crippen molar-refractivity contribution in [2.75, 3.05) is 5.32 Å².